The lowest BCUT2D eigenvalue weighted by atomic mass is 10.2. The second kappa shape index (κ2) is 9.08. The highest BCUT2D eigenvalue weighted by molar-refractivity contribution is 7.07. The highest BCUT2D eigenvalue weighted by Crippen LogP contribution is 2.09. The Balaban J connectivity index is 1.98. The van der Waals surface area contributed by atoms with Gasteiger partial charge in [-0.05, 0) is 35.9 Å². The number of halogens is 1. The molecule has 1 saturated heterocycles. The van der Waals surface area contributed by atoms with Crippen LogP contribution in [-0.2, 0) is 9.53 Å². The molecule has 2 heterocycles. The highest BCUT2D eigenvalue weighted by atomic mass is 32.1. The topological polar surface area (TPSA) is 75.3 Å². The third-order valence-corrected chi connectivity index (χ3v) is 5.94. The summed E-state index contributed by atoms with van der Waals surface area (Å²) in [5.74, 6) is -0.896. The fraction of sp³-hybridized carbons (Fsp3) is 0.174. The van der Waals surface area contributed by atoms with Crippen LogP contribution in [0.1, 0.15) is 5.56 Å². The third-order valence-electron chi connectivity index (χ3n) is 4.84. The van der Waals surface area contributed by atoms with E-state index in [-0.39, 0.29) is 15.8 Å². The minimum Gasteiger partial charge on any atom is -0.378 e. The third kappa shape index (κ3) is 4.33. The van der Waals surface area contributed by atoms with E-state index in [9.17, 15) is 19.2 Å². The molecule has 0 atom stereocenters. The number of morpholine rings is 1. The van der Waals surface area contributed by atoms with Crippen molar-refractivity contribution in [2.45, 2.75) is 0 Å². The van der Waals surface area contributed by atoms with Crippen molar-refractivity contribution in [1.82, 2.24) is 9.47 Å². The summed E-state index contributed by atoms with van der Waals surface area (Å²) in [6, 6.07) is 16.7. The van der Waals surface area contributed by atoms with Crippen molar-refractivity contribution in [3.05, 3.63) is 85.5 Å². The Kier molecular flexibility index (Phi) is 6.07. The Morgan fingerprint density at radius 1 is 1.10 bits per heavy atom. The first-order valence-electron chi connectivity index (χ1n) is 9.64. The normalized spacial score (nSPS) is 15.5. The minimum atomic E-state index is -0.450. The molecule has 4 rings (SSSR count). The first kappa shape index (κ1) is 20.7. The summed E-state index contributed by atoms with van der Waals surface area (Å²) in [4.78, 5) is 27.9. The number of hydrogen-bond donors (Lipinski definition) is 0. The first-order chi connectivity index (χ1) is 15.1. The number of carbonyl (C=O) groups excluding carboxylic acids is 1. The van der Waals surface area contributed by atoms with Crippen LogP contribution >= 0.6 is 11.3 Å². The van der Waals surface area contributed by atoms with Gasteiger partial charge in [0.2, 0.25) is 0 Å². The standard InChI is InChI=1S/C23H18FN3O3S/c24-17-6-8-18(9-7-17)27-22(29)20(14-16-4-2-1-3-5-16)31-23(27)19(15-25)21(28)26-10-12-30-13-11-26/h1-9,14H,10-13H2/b20-14+,23-19-. The van der Waals surface area contributed by atoms with Gasteiger partial charge in [-0.15, -0.1) is 11.3 Å². The van der Waals surface area contributed by atoms with E-state index >= 15 is 0 Å². The predicted molar refractivity (Wildman–Crippen MR) is 116 cm³/mol. The SMILES string of the molecule is N#C/C(C(=O)N1CCOCC1)=c1/s/c(=C/c2ccccc2)c(=O)n1-c1ccc(F)cc1. The van der Waals surface area contributed by atoms with Crippen LogP contribution in [0.15, 0.2) is 59.4 Å². The molecule has 8 heteroatoms. The van der Waals surface area contributed by atoms with Crippen molar-refractivity contribution < 1.29 is 13.9 Å². The summed E-state index contributed by atoms with van der Waals surface area (Å²) in [6.07, 6.45) is 1.71. The average molecular weight is 435 g/mol. The lowest BCUT2D eigenvalue weighted by Gasteiger charge is -2.26. The van der Waals surface area contributed by atoms with Gasteiger partial charge in [-0.25, -0.2) is 4.39 Å². The van der Waals surface area contributed by atoms with Gasteiger partial charge in [0, 0.05) is 13.1 Å². The Morgan fingerprint density at radius 3 is 2.42 bits per heavy atom. The van der Waals surface area contributed by atoms with E-state index in [0.29, 0.717) is 36.5 Å². The molecule has 1 aliphatic rings. The van der Waals surface area contributed by atoms with Gasteiger partial charge in [-0.1, -0.05) is 30.3 Å². The summed E-state index contributed by atoms with van der Waals surface area (Å²) in [6.45, 7) is 1.54. The van der Waals surface area contributed by atoms with Crippen LogP contribution in [0.5, 0.6) is 0 Å². The average Bonchev–Trinajstić information content (AvgIpc) is 3.11. The minimum absolute atomic E-state index is 0.124. The largest absolute Gasteiger partial charge is 0.378 e. The number of carbonyl (C=O) groups is 1. The van der Waals surface area contributed by atoms with Gasteiger partial charge in [0.25, 0.3) is 11.5 Å². The number of rotatable bonds is 3. The van der Waals surface area contributed by atoms with Gasteiger partial charge >= 0.3 is 0 Å². The van der Waals surface area contributed by atoms with Crippen molar-refractivity contribution in [1.29, 1.82) is 5.26 Å². The quantitative estimate of drug-likeness (QED) is 0.623. The van der Waals surface area contributed by atoms with Crippen LogP contribution in [0.25, 0.3) is 17.3 Å². The molecule has 0 unspecified atom stereocenters. The number of thiazole rings is 1. The molecular weight excluding hydrogens is 417 g/mol. The second-order valence-electron chi connectivity index (χ2n) is 6.83. The van der Waals surface area contributed by atoms with Crippen molar-refractivity contribution in [3.63, 3.8) is 0 Å². The van der Waals surface area contributed by atoms with Gasteiger partial charge in [0.05, 0.1) is 23.4 Å². The summed E-state index contributed by atoms with van der Waals surface area (Å²) in [5, 5.41) is 9.84. The molecule has 0 saturated carbocycles. The lowest BCUT2D eigenvalue weighted by molar-refractivity contribution is -0.128. The molecule has 0 bridgehead atoms. The maximum atomic E-state index is 13.5. The second-order valence-corrected chi connectivity index (χ2v) is 7.87. The first-order valence-corrected chi connectivity index (χ1v) is 10.5. The van der Waals surface area contributed by atoms with Crippen LogP contribution in [0.2, 0.25) is 0 Å². The van der Waals surface area contributed by atoms with Crippen molar-refractivity contribution >= 4 is 28.9 Å². The summed E-state index contributed by atoms with van der Waals surface area (Å²) in [5.41, 5.74) is 0.698. The number of amides is 1. The van der Waals surface area contributed by atoms with Gasteiger partial charge < -0.3 is 9.64 Å². The van der Waals surface area contributed by atoms with Crippen molar-refractivity contribution in [2.75, 3.05) is 26.3 Å². The molecule has 2 aromatic carbocycles. The molecule has 6 nitrogen and oxygen atoms in total. The Hall–Kier alpha value is -3.54. The molecular formula is C23H18FN3O3S. The van der Waals surface area contributed by atoms with E-state index in [1.165, 1.54) is 28.8 Å². The summed E-state index contributed by atoms with van der Waals surface area (Å²) >= 11 is 1.07. The predicted octanol–water partition coefficient (Wildman–Crippen LogP) is 1.40. The van der Waals surface area contributed by atoms with E-state index < -0.39 is 11.7 Å². The number of nitrogens with zero attached hydrogens (tertiary/aromatic N) is 3. The number of aromatic nitrogens is 1. The fourth-order valence-corrected chi connectivity index (χ4v) is 4.38. The van der Waals surface area contributed by atoms with Crippen molar-refractivity contribution in [3.8, 4) is 11.8 Å². The molecule has 0 aliphatic carbocycles. The zero-order chi connectivity index (χ0) is 21.8. The zero-order valence-electron chi connectivity index (χ0n) is 16.5. The molecule has 156 valence electrons. The van der Waals surface area contributed by atoms with Gasteiger partial charge in [0.15, 0.2) is 5.57 Å². The van der Waals surface area contributed by atoms with Crippen LogP contribution in [-0.4, -0.2) is 41.7 Å². The number of ether oxygens (including phenoxy) is 1. The Bertz CT molecular complexity index is 1320. The maximum Gasteiger partial charge on any atom is 0.273 e. The van der Waals surface area contributed by atoms with Gasteiger partial charge in [-0.2, -0.15) is 5.26 Å². The van der Waals surface area contributed by atoms with E-state index in [2.05, 4.69) is 0 Å². The molecule has 1 amide bonds. The summed E-state index contributed by atoms with van der Waals surface area (Å²) < 4.78 is 20.6. The van der Waals surface area contributed by atoms with E-state index in [4.69, 9.17) is 4.74 Å². The molecule has 0 spiro atoms. The number of hydrogen-bond acceptors (Lipinski definition) is 5. The highest BCUT2D eigenvalue weighted by Gasteiger charge is 2.24. The molecule has 0 radical (unpaired) electrons. The molecule has 31 heavy (non-hydrogen) atoms. The summed E-state index contributed by atoms with van der Waals surface area (Å²) in [7, 11) is 0. The van der Waals surface area contributed by atoms with Gasteiger partial charge in [-0.3, -0.25) is 14.2 Å². The fourth-order valence-electron chi connectivity index (χ4n) is 3.29. The maximum absolute atomic E-state index is 13.5. The monoisotopic (exact) mass is 435 g/mol. The smallest absolute Gasteiger partial charge is 0.273 e. The number of benzene rings is 2. The van der Waals surface area contributed by atoms with Crippen LogP contribution in [0.4, 0.5) is 4.39 Å². The van der Waals surface area contributed by atoms with Gasteiger partial charge in [0.1, 0.15) is 16.5 Å². The van der Waals surface area contributed by atoms with E-state index in [1.54, 1.807) is 11.0 Å². The van der Waals surface area contributed by atoms with Crippen LogP contribution in [0, 0.1) is 17.1 Å². The van der Waals surface area contributed by atoms with Crippen LogP contribution in [0.3, 0.4) is 0 Å². The van der Waals surface area contributed by atoms with Crippen molar-refractivity contribution in [2.24, 2.45) is 0 Å². The lowest BCUT2D eigenvalue weighted by Crippen LogP contribution is -2.42. The number of nitriles is 1. The van der Waals surface area contributed by atoms with Crippen LogP contribution < -0.4 is 14.8 Å². The molecule has 0 N–H and O–H groups in total. The van der Waals surface area contributed by atoms with E-state index in [0.717, 1.165) is 16.9 Å². The molecule has 1 aromatic heterocycles. The molecule has 1 aliphatic heterocycles. The Morgan fingerprint density at radius 2 is 1.77 bits per heavy atom. The van der Waals surface area contributed by atoms with E-state index in [1.807, 2.05) is 36.4 Å². The zero-order valence-corrected chi connectivity index (χ0v) is 17.3. The molecule has 3 aromatic rings. The Labute approximate surface area is 181 Å². The molecule has 1 fully saturated rings.